The van der Waals surface area contributed by atoms with Crippen LogP contribution in [0.1, 0.15) is 11.1 Å². The van der Waals surface area contributed by atoms with Crippen molar-refractivity contribution in [3.63, 3.8) is 0 Å². The van der Waals surface area contributed by atoms with Gasteiger partial charge < -0.3 is 18.9 Å². The molecule has 0 aliphatic carbocycles. The van der Waals surface area contributed by atoms with Crippen LogP contribution in [0.5, 0.6) is 11.5 Å². The van der Waals surface area contributed by atoms with Gasteiger partial charge in [0.05, 0.1) is 31.1 Å². The Balaban J connectivity index is 1.47. The number of ether oxygens (including phenoxy) is 4. The average Bonchev–Trinajstić information content (AvgIpc) is 3.48. The van der Waals surface area contributed by atoms with Crippen molar-refractivity contribution in [3.8, 4) is 11.5 Å². The molecule has 8 heteroatoms. The summed E-state index contributed by atoms with van der Waals surface area (Å²) in [5, 5.41) is 0. The highest BCUT2D eigenvalue weighted by Crippen LogP contribution is 2.38. The average molecular weight is 628 g/mol. The molecule has 27 heavy (non-hydrogen) atoms. The quantitative estimate of drug-likeness (QED) is 0.343. The van der Waals surface area contributed by atoms with E-state index >= 15 is 0 Å². The van der Waals surface area contributed by atoms with Crippen LogP contribution in [-0.4, -0.2) is 38.6 Å². The van der Waals surface area contributed by atoms with Crippen molar-refractivity contribution < 1.29 is 18.9 Å². The fourth-order valence-electron chi connectivity index (χ4n) is 2.62. The Kier molecular flexibility index (Phi) is 6.51. The molecule has 2 aliphatic rings. The molecule has 0 aromatic heterocycles. The monoisotopic (exact) mass is 624 g/mol. The molecule has 4 rings (SSSR count). The molecule has 0 radical (unpaired) electrons. The van der Waals surface area contributed by atoms with E-state index in [1.54, 1.807) is 0 Å². The summed E-state index contributed by atoms with van der Waals surface area (Å²) in [6.07, 6.45) is 1.24. The highest BCUT2D eigenvalue weighted by atomic mass is 79.9. The van der Waals surface area contributed by atoms with Crippen LogP contribution >= 0.6 is 63.7 Å². The summed E-state index contributed by atoms with van der Waals surface area (Å²) in [6.45, 7) is 2.71. The summed E-state index contributed by atoms with van der Waals surface area (Å²) in [7, 11) is 0. The second kappa shape index (κ2) is 8.71. The Labute approximate surface area is 191 Å². The molecule has 2 fully saturated rings. The molecule has 2 heterocycles. The van der Waals surface area contributed by atoms with Gasteiger partial charge in [-0.05, 0) is 106 Å². The van der Waals surface area contributed by atoms with Crippen LogP contribution in [0.15, 0.2) is 42.2 Å². The van der Waals surface area contributed by atoms with E-state index < -0.39 is 0 Å². The van der Waals surface area contributed by atoms with Gasteiger partial charge in [0.25, 0.3) is 0 Å². The fraction of sp³-hybridized carbons (Fsp3) is 0.368. The van der Waals surface area contributed by atoms with E-state index in [-0.39, 0.29) is 12.2 Å². The van der Waals surface area contributed by atoms with Gasteiger partial charge in [-0.3, -0.25) is 0 Å². The highest BCUT2D eigenvalue weighted by molar-refractivity contribution is 9.11. The van der Waals surface area contributed by atoms with E-state index in [2.05, 4.69) is 88.0 Å². The molecule has 2 saturated heterocycles. The van der Waals surface area contributed by atoms with Gasteiger partial charge >= 0.3 is 0 Å². The number of rotatable bonds is 8. The zero-order valence-corrected chi connectivity index (χ0v) is 20.5. The summed E-state index contributed by atoms with van der Waals surface area (Å²) in [6, 6.07) is 8.35. The Morgan fingerprint density at radius 3 is 1.33 bits per heavy atom. The molecule has 0 saturated carbocycles. The van der Waals surface area contributed by atoms with Crippen molar-refractivity contribution in [3.05, 3.63) is 53.3 Å². The van der Waals surface area contributed by atoms with Gasteiger partial charge in [0.2, 0.25) is 0 Å². The van der Waals surface area contributed by atoms with E-state index in [0.29, 0.717) is 13.2 Å². The lowest BCUT2D eigenvalue weighted by Crippen LogP contribution is -2.06. The van der Waals surface area contributed by atoms with E-state index in [1.165, 1.54) is 11.1 Å². The zero-order valence-electron chi connectivity index (χ0n) is 14.1. The van der Waals surface area contributed by atoms with Crippen LogP contribution in [-0.2, 0) is 15.9 Å². The van der Waals surface area contributed by atoms with Crippen molar-refractivity contribution in [1.82, 2.24) is 0 Å². The first-order valence-electron chi connectivity index (χ1n) is 8.44. The Morgan fingerprint density at radius 1 is 0.704 bits per heavy atom. The number of epoxide rings is 2. The zero-order chi connectivity index (χ0) is 19.0. The van der Waals surface area contributed by atoms with Crippen molar-refractivity contribution >= 4 is 63.7 Å². The summed E-state index contributed by atoms with van der Waals surface area (Å²) < 4.78 is 25.8. The van der Waals surface area contributed by atoms with Crippen LogP contribution in [0, 0.1) is 0 Å². The Hall–Kier alpha value is -0.120. The number of hydrogen-bond donors (Lipinski definition) is 0. The van der Waals surface area contributed by atoms with E-state index in [9.17, 15) is 0 Å². The van der Waals surface area contributed by atoms with Gasteiger partial charge in [-0.1, -0.05) is 0 Å². The minimum atomic E-state index is 0.227. The number of hydrogen-bond acceptors (Lipinski definition) is 4. The number of halogens is 4. The van der Waals surface area contributed by atoms with E-state index in [1.807, 2.05) is 0 Å². The second-order valence-electron chi connectivity index (χ2n) is 6.49. The topological polar surface area (TPSA) is 43.5 Å². The third-order valence-electron chi connectivity index (χ3n) is 4.16. The predicted octanol–water partition coefficient (Wildman–Crippen LogP) is 5.88. The lowest BCUT2D eigenvalue weighted by Gasteiger charge is -2.14. The molecule has 0 spiro atoms. The first-order valence-corrected chi connectivity index (χ1v) is 11.6. The molecule has 2 aliphatic heterocycles. The summed E-state index contributed by atoms with van der Waals surface area (Å²) in [5.74, 6) is 1.62. The van der Waals surface area contributed by atoms with Crippen LogP contribution in [0.2, 0.25) is 0 Å². The summed E-state index contributed by atoms with van der Waals surface area (Å²) in [5.41, 5.74) is 2.34. The predicted molar refractivity (Wildman–Crippen MR) is 117 cm³/mol. The lowest BCUT2D eigenvalue weighted by molar-refractivity contribution is 0.260. The van der Waals surface area contributed by atoms with Crippen LogP contribution in [0.4, 0.5) is 0 Å². The fourth-order valence-corrected chi connectivity index (χ4v) is 5.64. The van der Waals surface area contributed by atoms with Gasteiger partial charge in [-0.15, -0.1) is 0 Å². The number of benzene rings is 2. The molecule has 0 N–H and O–H groups in total. The maximum Gasteiger partial charge on any atom is 0.147 e. The molecule has 0 bridgehead atoms. The molecule has 2 aromatic rings. The minimum absolute atomic E-state index is 0.227. The van der Waals surface area contributed by atoms with Gasteiger partial charge in [0.1, 0.15) is 36.9 Å². The van der Waals surface area contributed by atoms with Gasteiger partial charge in [-0.25, -0.2) is 0 Å². The van der Waals surface area contributed by atoms with Gasteiger partial charge in [0.15, 0.2) is 0 Å². The molecule has 0 amide bonds. The first-order chi connectivity index (χ1) is 13.0. The van der Waals surface area contributed by atoms with Crippen LogP contribution in [0.25, 0.3) is 0 Å². The SMILES string of the molecule is Brc1cc(Cc2cc(Br)c(OC[C@H]3CO3)c(Br)c2)cc(Br)c1OC[C@H]1CO1. The summed E-state index contributed by atoms with van der Waals surface area (Å²) >= 11 is 14.5. The van der Waals surface area contributed by atoms with Crippen molar-refractivity contribution in [2.24, 2.45) is 0 Å². The van der Waals surface area contributed by atoms with Crippen LogP contribution in [0.3, 0.4) is 0 Å². The van der Waals surface area contributed by atoms with E-state index in [4.69, 9.17) is 18.9 Å². The Bertz CT molecular complexity index is 734. The Morgan fingerprint density at radius 2 is 1.04 bits per heavy atom. The van der Waals surface area contributed by atoms with E-state index in [0.717, 1.165) is 49.0 Å². The largest absolute Gasteiger partial charge is 0.488 e. The molecule has 0 unspecified atom stereocenters. The maximum atomic E-state index is 5.84. The molecule has 4 nitrogen and oxygen atoms in total. The standard InChI is InChI=1S/C19H16Br4O4/c20-14-2-10(3-15(21)18(14)26-8-12-6-24-12)1-11-4-16(22)19(17(23)5-11)27-9-13-7-25-13/h2-5,12-13H,1,6-9H2/t12-,13-/m1/s1. The normalized spacial score (nSPS) is 20.4. The lowest BCUT2D eigenvalue weighted by atomic mass is 10.0. The summed E-state index contributed by atoms with van der Waals surface area (Å²) in [4.78, 5) is 0. The third kappa shape index (κ3) is 5.48. The second-order valence-corrected chi connectivity index (χ2v) is 9.90. The van der Waals surface area contributed by atoms with Crippen molar-refractivity contribution in [2.75, 3.05) is 26.4 Å². The van der Waals surface area contributed by atoms with Crippen molar-refractivity contribution in [2.45, 2.75) is 18.6 Å². The molecule has 2 aromatic carbocycles. The third-order valence-corrected chi connectivity index (χ3v) is 6.51. The van der Waals surface area contributed by atoms with Gasteiger partial charge in [0, 0.05) is 0 Å². The first kappa shape index (κ1) is 20.2. The van der Waals surface area contributed by atoms with Crippen LogP contribution < -0.4 is 9.47 Å². The molecule has 144 valence electrons. The van der Waals surface area contributed by atoms with Gasteiger partial charge in [-0.2, -0.15) is 0 Å². The highest BCUT2D eigenvalue weighted by Gasteiger charge is 2.25. The molecular weight excluding hydrogens is 612 g/mol. The maximum absolute atomic E-state index is 5.84. The smallest absolute Gasteiger partial charge is 0.147 e. The molecular formula is C19H16Br4O4. The molecule has 2 atom stereocenters. The van der Waals surface area contributed by atoms with Crippen molar-refractivity contribution in [1.29, 1.82) is 0 Å². The minimum Gasteiger partial charge on any atom is -0.488 e.